The van der Waals surface area contributed by atoms with E-state index in [4.69, 9.17) is 4.74 Å². The van der Waals surface area contributed by atoms with Crippen molar-refractivity contribution in [2.75, 3.05) is 30.9 Å². The van der Waals surface area contributed by atoms with Crippen LogP contribution in [0, 0.1) is 6.92 Å². The van der Waals surface area contributed by atoms with E-state index in [9.17, 15) is 13.2 Å². The summed E-state index contributed by atoms with van der Waals surface area (Å²) < 4.78 is 44.0. The van der Waals surface area contributed by atoms with E-state index < -0.39 is 11.7 Å². The summed E-state index contributed by atoms with van der Waals surface area (Å²) in [5, 5.41) is 5.66. The molecule has 0 amide bonds. The molecule has 2 rings (SSSR count). The number of ether oxygens (including phenoxy) is 1. The van der Waals surface area contributed by atoms with Gasteiger partial charge in [-0.15, -0.1) is 0 Å². The number of rotatable bonds is 6. The fraction of sp³-hybridized carbons (Fsp3) is 0.333. The first-order chi connectivity index (χ1) is 10.9. The van der Waals surface area contributed by atoms with E-state index in [1.54, 1.807) is 20.1 Å². The van der Waals surface area contributed by atoms with Crippen LogP contribution in [0.5, 0.6) is 0 Å². The predicted molar refractivity (Wildman–Crippen MR) is 81.9 cm³/mol. The Labute approximate surface area is 131 Å². The number of nitrogens with one attached hydrogen (secondary N) is 2. The average Bonchev–Trinajstić information content (AvgIpc) is 2.46. The average molecular weight is 326 g/mol. The van der Waals surface area contributed by atoms with E-state index in [1.807, 2.05) is 0 Å². The molecule has 0 atom stereocenters. The standard InChI is InChI=1S/C15H17F3N4O/c1-10-9-13(19-7-8-23-2)22-14(20-10)21-12-6-4-3-5-11(12)15(16,17)18/h3-6,9H,7-8H2,1-2H3,(H2,19,20,21,22). The van der Waals surface area contributed by atoms with Crippen LogP contribution in [0.4, 0.5) is 30.6 Å². The smallest absolute Gasteiger partial charge is 0.383 e. The number of aryl methyl sites for hydroxylation is 1. The van der Waals surface area contributed by atoms with Crippen molar-refractivity contribution in [3.8, 4) is 0 Å². The molecule has 2 aromatic rings. The van der Waals surface area contributed by atoms with Gasteiger partial charge in [0.05, 0.1) is 17.9 Å². The number of aromatic nitrogens is 2. The largest absolute Gasteiger partial charge is 0.418 e. The first-order valence-corrected chi connectivity index (χ1v) is 6.92. The zero-order valence-electron chi connectivity index (χ0n) is 12.7. The van der Waals surface area contributed by atoms with Gasteiger partial charge in [0.15, 0.2) is 0 Å². The van der Waals surface area contributed by atoms with Crippen molar-refractivity contribution < 1.29 is 17.9 Å². The van der Waals surface area contributed by atoms with E-state index in [2.05, 4.69) is 20.6 Å². The van der Waals surface area contributed by atoms with Gasteiger partial charge in [0.1, 0.15) is 5.82 Å². The van der Waals surface area contributed by atoms with E-state index in [0.29, 0.717) is 24.7 Å². The minimum absolute atomic E-state index is 0.0894. The molecular weight excluding hydrogens is 309 g/mol. The Bertz CT molecular complexity index is 661. The van der Waals surface area contributed by atoms with Crippen LogP contribution in [0.25, 0.3) is 0 Å². The number of alkyl halides is 3. The third-order valence-electron chi connectivity index (χ3n) is 2.95. The monoisotopic (exact) mass is 326 g/mol. The molecule has 1 aromatic carbocycles. The number of hydrogen-bond acceptors (Lipinski definition) is 5. The second kappa shape index (κ2) is 7.28. The lowest BCUT2D eigenvalue weighted by Crippen LogP contribution is -2.12. The third-order valence-corrected chi connectivity index (χ3v) is 2.95. The molecule has 0 spiro atoms. The molecule has 23 heavy (non-hydrogen) atoms. The number of anilines is 3. The maximum Gasteiger partial charge on any atom is 0.418 e. The lowest BCUT2D eigenvalue weighted by molar-refractivity contribution is -0.136. The van der Waals surface area contributed by atoms with Crippen molar-refractivity contribution in [3.05, 3.63) is 41.6 Å². The Hall–Kier alpha value is -2.35. The number of halogens is 3. The van der Waals surface area contributed by atoms with E-state index in [1.165, 1.54) is 18.2 Å². The van der Waals surface area contributed by atoms with Crippen LogP contribution in [0.2, 0.25) is 0 Å². The molecule has 1 aromatic heterocycles. The van der Waals surface area contributed by atoms with Crippen molar-refractivity contribution in [1.29, 1.82) is 0 Å². The molecule has 0 saturated heterocycles. The molecule has 0 bridgehead atoms. The number of nitrogens with zero attached hydrogens (tertiary/aromatic N) is 2. The van der Waals surface area contributed by atoms with E-state index in [-0.39, 0.29) is 11.6 Å². The van der Waals surface area contributed by atoms with Crippen LogP contribution < -0.4 is 10.6 Å². The molecule has 8 heteroatoms. The Kier molecular flexibility index (Phi) is 5.38. The van der Waals surface area contributed by atoms with Gasteiger partial charge in [-0.2, -0.15) is 18.2 Å². The quantitative estimate of drug-likeness (QED) is 0.794. The van der Waals surface area contributed by atoms with Crippen LogP contribution in [-0.2, 0) is 10.9 Å². The normalized spacial score (nSPS) is 11.3. The number of hydrogen-bond donors (Lipinski definition) is 2. The van der Waals surface area contributed by atoms with Gasteiger partial charge in [0, 0.05) is 25.4 Å². The Morgan fingerprint density at radius 2 is 1.91 bits per heavy atom. The summed E-state index contributed by atoms with van der Waals surface area (Å²) >= 11 is 0. The molecule has 124 valence electrons. The van der Waals surface area contributed by atoms with Crippen molar-refractivity contribution in [3.63, 3.8) is 0 Å². The second-order valence-corrected chi connectivity index (χ2v) is 4.81. The van der Waals surface area contributed by atoms with E-state index >= 15 is 0 Å². The van der Waals surface area contributed by atoms with Gasteiger partial charge in [-0.3, -0.25) is 0 Å². The second-order valence-electron chi connectivity index (χ2n) is 4.81. The molecule has 0 unspecified atom stereocenters. The van der Waals surface area contributed by atoms with Gasteiger partial charge in [0.2, 0.25) is 5.95 Å². The first kappa shape index (κ1) is 17.0. The topological polar surface area (TPSA) is 59.1 Å². The third kappa shape index (κ3) is 4.82. The Morgan fingerprint density at radius 1 is 1.17 bits per heavy atom. The van der Waals surface area contributed by atoms with Gasteiger partial charge in [-0.1, -0.05) is 12.1 Å². The summed E-state index contributed by atoms with van der Waals surface area (Å²) in [6.45, 7) is 2.76. The molecule has 0 aliphatic rings. The molecule has 0 saturated carbocycles. The van der Waals surface area contributed by atoms with Crippen molar-refractivity contribution >= 4 is 17.5 Å². The summed E-state index contributed by atoms with van der Waals surface area (Å²) in [6, 6.07) is 6.91. The van der Waals surface area contributed by atoms with Gasteiger partial charge in [-0.25, -0.2) is 4.98 Å². The summed E-state index contributed by atoms with van der Waals surface area (Å²) in [4.78, 5) is 8.29. The number of benzene rings is 1. The van der Waals surface area contributed by atoms with Crippen molar-refractivity contribution in [2.45, 2.75) is 13.1 Å². The Morgan fingerprint density at radius 3 is 2.61 bits per heavy atom. The maximum absolute atomic E-state index is 13.0. The highest BCUT2D eigenvalue weighted by Crippen LogP contribution is 2.35. The highest BCUT2D eigenvalue weighted by molar-refractivity contribution is 5.60. The molecule has 0 radical (unpaired) electrons. The molecule has 0 aliphatic heterocycles. The molecule has 5 nitrogen and oxygen atoms in total. The predicted octanol–water partition coefficient (Wildman–Crippen LogP) is 3.61. The summed E-state index contributed by atoms with van der Waals surface area (Å²) in [5.41, 5.74) is -0.223. The molecule has 0 aliphatic carbocycles. The molecule has 1 heterocycles. The summed E-state index contributed by atoms with van der Waals surface area (Å²) in [5.74, 6) is 0.614. The fourth-order valence-electron chi connectivity index (χ4n) is 1.96. The van der Waals surface area contributed by atoms with Gasteiger partial charge < -0.3 is 15.4 Å². The van der Waals surface area contributed by atoms with Crippen LogP contribution in [0.1, 0.15) is 11.3 Å². The zero-order valence-corrected chi connectivity index (χ0v) is 12.7. The van der Waals surface area contributed by atoms with Gasteiger partial charge >= 0.3 is 6.18 Å². The lowest BCUT2D eigenvalue weighted by Gasteiger charge is -2.14. The SMILES string of the molecule is COCCNc1cc(C)nc(Nc2ccccc2C(F)(F)F)n1. The fourth-order valence-corrected chi connectivity index (χ4v) is 1.96. The van der Waals surface area contributed by atoms with Crippen molar-refractivity contribution in [1.82, 2.24) is 9.97 Å². The lowest BCUT2D eigenvalue weighted by atomic mass is 10.1. The van der Waals surface area contributed by atoms with E-state index in [0.717, 1.165) is 6.07 Å². The van der Waals surface area contributed by atoms with Crippen LogP contribution in [0.15, 0.2) is 30.3 Å². The number of para-hydroxylation sites is 1. The van der Waals surface area contributed by atoms with Crippen molar-refractivity contribution in [2.24, 2.45) is 0 Å². The number of methoxy groups -OCH3 is 1. The minimum atomic E-state index is -4.45. The van der Waals surface area contributed by atoms with Gasteiger partial charge in [0.25, 0.3) is 0 Å². The van der Waals surface area contributed by atoms with Gasteiger partial charge in [-0.05, 0) is 19.1 Å². The van der Waals surface area contributed by atoms with Crippen LogP contribution >= 0.6 is 0 Å². The first-order valence-electron chi connectivity index (χ1n) is 6.92. The molecular formula is C15H17F3N4O. The highest BCUT2D eigenvalue weighted by atomic mass is 19.4. The van der Waals surface area contributed by atoms with Crippen LogP contribution in [0.3, 0.4) is 0 Å². The maximum atomic E-state index is 13.0. The Balaban J connectivity index is 2.24. The minimum Gasteiger partial charge on any atom is -0.383 e. The molecule has 2 N–H and O–H groups in total. The summed E-state index contributed by atoms with van der Waals surface area (Å²) in [6.07, 6.45) is -4.45. The van der Waals surface area contributed by atoms with Crippen LogP contribution in [-0.4, -0.2) is 30.2 Å². The molecule has 0 fully saturated rings. The zero-order chi connectivity index (χ0) is 16.9. The summed E-state index contributed by atoms with van der Waals surface area (Å²) in [7, 11) is 1.58. The highest BCUT2D eigenvalue weighted by Gasteiger charge is 2.33.